The second-order valence-corrected chi connectivity index (χ2v) is 16.1. The average Bonchev–Trinajstić information content (AvgIpc) is 4.18. The molecule has 0 spiro atoms. The molecule has 4 aromatic carbocycles. The molecule has 8 nitrogen and oxygen atoms in total. The Hall–Kier alpha value is -7.09. The van der Waals surface area contributed by atoms with Crippen LogP contribution >= 0.6 is 11.8 Å². The molecular formula is C51H40F4N4O4S. The molecule has 0 saturated carbocycles. The van der Waals surface area contributed by atoms with Crippen molar-refractivity contribution in [2.24, 2.45) is 0 Å². The van der Waals surface area contributed by atoms with Gasteiger partial charge >= 0.3 is 0 Å². The minimum Gasteiger partial charge on any atom is -0.497 e. The van der Waals surface area contributed by atoms with Crippen LogP contribution in [0.3, 0.4) is 0 Å². The summed E-state index contributed by atoms with van der Waals surface area (Å²) in [5.41, 5.74) is 6.84. The van der Waals surface area contributed by atoms with Gasteiger partial charge in [-0.1, -0.05) is 43.3 Å². The van der Waals surface area contributed by atoms with E-state index in [9.17, 15) is 5.11 Å². The second-order valence-electron chi connectivity index (χ2n) is 15.0. The maximum absolute atomic E-state index is 16.7. The van der Waals surface area contributed by atoms with Crippen molar-refractivity contribution < 1.29 is 36.9 Å². The molecule has 5 heterocycles. The minimum absolute atomic E-state index is 0.0388. The first-order valence-electron chi connectivity index (χ1n) is 20.4. The highest BCUT2D eigenvalue weighted by atomic mass is 32.2. The Kier molecular flexibility index (Phi) is 11.6. The number of rotatable bonds is 11. The molecule has 0 aliphatic carbocycles. The number of hydrogen-bond acceptors (Lipinski definition) is 7. The molecule has 2 aliphatic heterocycles. The summed E-state index contributed by atoms with van der Waals surface area (Å²) >= 11 is 0.511. The van der Waals surface area contributed by atoms with Crippen molar-refractivity contribution in [2.45, 2.75) is 24.3 Å². The van der Waals surface area contributed by atoms with E-state index in [1.165, 1.54) is 0 Å². The molecule has 9 rings (SSSR count). The number of halogens is 4. The van der Waals surface area contributed by atoms with Crippen LogP contribution in [0.15, 0.2) is 102 Å². The molecule has 322 valence electrons. The van der Waals surface area contributed by atoms with Gasteiger partial charge in [0.15, 0.2) is 23.3 Å². The van der Waals surface area contributed by atoms with Crippen LogP contribution in [0.1, 0.15) is 36.1 Å². The lowest BCUT2D eigenvalue weighted by Crippen LogP contribution is -2.10. The van der Waals surface area contributed by atoms with Crippen LogP contribution in [-0.2, 0) is 0 Å². The van der Waals surface area contributed by atoms with Gasteiger partial charge < -0.3 is 29.3 Å². The molecule has 1 unspecified atom stereocenters. The van der Waals surface area contributed by atoms with Crippen molar-refractivity contribution in [3.8, 4) is 61.8 Å². The standard InChI is InChI=1S/C51H40F4N4O4S/c1-5-30(60)26-64-51-49(54)47(52)46(48(53)50(51)55)45-40-24-22-38(58-40)43(28-8-14-32(62-3)15-9-28)36-20-18-34(56-36)42(27-6-12-31(61-2)13-7-27)35-19-21-37(57-35)44(39-23-25-41(45)59-39)29-10-16-33(63-4)17-11-29/h6-25,30,56,59-60H,5,26H2,1-4H3. The first kappa shape index (κ1) is 42.2. The summed E-state index contributed by atoms with van der Waals surface area (Å²) in [6, 6.07) is 29.6. The molecule has 8 bridgehead atoms. The molecule has 2 aliphatic rings. The number of aromatic amines is 2. The lowest BCUT2D eigenvalue weighted by Gasteiger charge is -2.14. The number of nitrogens with zero attached hydrogens (tertiary/aromatic N) is 2. The fourth-order valence-corrected chi connectivity index (χ4v) is 8.94. The van der Waals surface area contributed by atoms with Crippen molar-refractivity contribution in [3.05, 3.63) is 143 Å². The third-order valence-corrected chi connectivity index (χ3v) is 12.5. The quantitative estimate of drug-likeness (QED) is 0.0675. The lowest BCUT2D eigenvalue weighted by atomic mass is 10.0. The molecule has 0 radical (unpaired) electrons. The zero-order valence-corrected chi connectivity index (χ0v) is 35.8. The van der Waals surface area contributed by atoms with E-state index in [0.29, 0.717) is 68.3 Å². The molecule has 1 atom stereocenters. The zero-order valence-electron chi connectivity index (χ0n) is 35.0. The molecule has 7 aromatic rings. The number of aromatic nitrogens is 4. The fourth-order valence-electron chi connectivity index (χ4n) is 7.91. The SMILES string of the molecule is CCC(O)CSc1c(F)c(F)c(-c2c3nc(c(-c4ccc(OC)cc4)c4ccc([nH]4)c(-c4ccc(OC)cc4)c4nc(c(-c5ccc(OC)cc5)c5ccc2[nH]5)C=C4)C=C3)c(F)c1F. The number of aliphatic hydroxyl groups excluding tert-OH is 1. The van der Waals surface area contributed by atoms with Crippen molar-refractivity contribution in [2.75, 3.05) is 27.1 Å². The lowest BCUT2D eigenvalue weighted by molar-refractivity contribution is 0.195. The van der Waals surface area contributed by atoms with Gasteiger partial charge in [-0.3, -0.25) is 0 Å². The average molecular weight is 881 g/mol. The van der Waals surface area contributed by atoms with Gasteiger partial charge in [-0.25, -0.2) is 27.5 Å². The number of fused-ring (bicyclic) bond motifs is 8. The van der Waals surface area contributed by atoms with Gasteiger partial charge in [0.05, 0.1) is 60.7 Å². The minimum atomic E-state index is -1.60. The van der Waals surface area contributed by atoms with Gasteiger partial charge in [-0.15, -0.1) is 11.8 Å². The maximum atomic E-state index is 16.7. The Morgan fingerprint density at radius 2 is 0.812 bits per heavy atom. The van der Waals surface area contributed by atoms with Gasteiger partial charge in [0.1, 0.15) is 17.2 Å². The third-order valence-electron chi connectivity index (χ3n) is 11.3. The van der Waals surface area contributed by atoms with E-state index in [0.717, 1.165) is 27.8 Å². The number of aliphatic hydroxyl groups is 1. The van der Waals surface area contributed by atoms with Crippen LogP contribution in [0.5, 0.6) is 17.2 Å². The van der Waals surface area contributed by atoms with Crippen LogP contribution in [0.25, 0.3) is 90.9 Å². The van der Waals surface area contributed by atoms with Crippen LogP contribution in [0.2, 0.25) is 0 Å². The summed E-state index contributed by atoms with van der Waals surface area (Å²) in [5, 5.41) is 10.1. The van der Waals surface area contributed by atoms with E-state index < -0.39 is 39.8 Å². The fraction of sp³-hybridized carbons (Fsp3) is 0.137. The van der Waals surface area contributed by atoms with Crippen molar-refractivity contribution in [1.29, 1.82) is 0 Å². The summed E-state index contributed by atoms with van der Waals surface area (Å²) in [6.45, 7) is 1.69. The monoisotopic (exact) mass is 880 g/mol. The summed E-state index contributed by atoms with van der Waals surface area (Å²) in [7, 11) is 4.75. The second kappa shape index (κ2) is 17.6. The molecule has 3 aromatic heterocycles. The van der Waals surface area contributed by atoms with E-state index in [4.69, 9.17) is 24.2 Å². The Balaban J connectivity index is 1.43. The maximum Gasteiger partial charge on any atom is 0.176 e. The van der Waals surface area contributed by atoms with E-state index in [1.807, 2.05) is 97.1 Å². The zero-order chi connectivity index (χ0) is 44.6. The molecule has 0 saturated heterocycles. The molecule has 0 fully saturated rings. The predicted molar refractivity (Wildman–Crippen MR) is 247 cm³/mol. The van der Waals surface area contributed by atoms with Crippen LogP contribution in [0, 0.1) is 23.3 Å². The summed E-state index contributed by atoms with van der Waals surface area (Å²) in [6.07, 6.45) is 6.43. The highest BCUT2D eigenvalue weighted by Crippen LogP contribution is 2.43. The number of methoxy groups -OCH3 is 3. The number of thioether (sulfide) groups is 1. The molecule has 3 N–H and O–H groups in total. The van der Waals surface area contributed by atoms with Gasteiger partial charge in [0.2, 0.25) is 0 Å². The smallest absolute Gasteiger partial charge is 0.176 e. The molecule has 0 amide bonds. The Labute approximate surface area is 370 Å². The van der Waals surface area contributed by atoms with Crippen LogP contribution in [-0.4, -0.2) is 58.2 Å². The van der Waals surface area contributed by atoms with E-state index in [1.54, 1.807) is 52.5 Å². The van der Waals surface area contributed by atoms with Crippen molar-refractivity contribution in [3.63, 3.8) is 0 Å². The van der Waals surface area contributed by atoms with E-state index >= 15 is 17.6 Å². The van der Waals surface area contributed by atoms with Crippen LogP contribution in [0.4, 0.5) is 17.6 Å². The highest BCUT2D eigenvalue weighted by Gasteiger charge is 2.30. The van der Waals surface area contributed by atoms with Gasteiger partial charge in [-0.2, -0.15) is 0 Å². The van der Waals surface area contributed by atoms with Gasteiger partial charge in [0, 0.05) is 50.1 Å². The van der Waals surface area contributed by atoms with Crippen molar-refractivity contribution >= 4 is 58.1 Å². The summed E-state index contributed by atoms with van der Waals surface area (Å²) in [5.74, 6) is -4.59. The van der Waals surface area contributed by atoms with E-state index in [2.05, 4.69) is 9.97 Å². The summed E-state index contributed by atoms with van der Waals surface area (Å²) in [4.78, 5) is 16.3. The molecule has 64 heavy (non-hydrogen) atoms. The molecule has 13 heteroatoms. The largest absolute Gasteiger partial charge is 0.497 e. The third kappa shape index (κ3) is 7.71. The topological polar surface area (TPSA) is 105 Å². The van der Waals surface area contributed by atoms with Crippen molar-refractivity contribution in [1.82, 2.24) is 19.9 Å². The van der Waals surface area contributed by atoms with Gasteiger partial charge in [0.25, 0.3) is 0 Å². The summed E-state index contributed by atoms with van der Waals surface area (Å²) < 4.78 is 82.0. The normalized spacial score (nSPS) is 12.5. The Morgan fingerprint density at radius 3 is 1.14 bits per heavy atom. The van der Waals surface area contributed by atoms with Crippen LogP contribution < -0.4 is 14.2 Å². The van der Waals surface area contributed by atoms with E-state index in [-0.39, 0.29) is 28.9 Å². The Morgan fingerprint density at radius 1 is 0.484 bits per heavy atom. The highest BCUT2D eigenvalue weighted by molar-refractivity contribution is 7.99. The predicted octanol–water partition coefficient (Wildman–Crippen LogP) is 12.8. The number of H-pyrrole nitrogens is 2. The number of ether oxygens (including phenoxy) is 3. The molecular weight excluding hydrogens is 841 g/mol. The number of benzene rings is 4. The first-order chi connectivity index (χ1) is 31.1. The van der Waals surface area contributed by atoms with Gasteiger partial charge in [-0.05, 0) is 108 Å². The Bertz CT molecular complexity index is 3090. The first-order valence-corrected chi connectivity index (χ1v) is 21.4. The number of nitrogens with one attached hydrogen (secondary N) is 2. The number of hydrogen-bond donors (Lipinski definition) is 3.